The largest absolute Gasteiger partial charge is 0.431 e. The highest BCUT2D eigenvalue weighted by Gasteiger charge is 2.35. The van der Waals surface area contributed by atoms with Crippen molar-refractivity contribution in [1.29, 1.82) is 0 Å². The quantitative estimate of drug-likeness (QED) is 0.827. The third-order valence-electron chi connectivity index (χ3n) is 3.02. The molecule has 1 saturated heterocycles. The molecule has 3 rings (SSSR count). The Labute approximate surface area is 95.3 Å². The number of pyridine rings is 1. The fraction of sp³-hybridized carbons (Fsp3) is 0.364. The SMILES string of the molecule is FC(F)(F)c1cccc2cnc(C3CNC3)n12. The number of alkyl halides is 3. The molecule has 2 aromatic rings. The molecule has 0 amide bonds. The highest BCUT2D eigenvalue weighted by Crippen LogP contribution is 2.32. The molecule has 17 heavy (non-hydrogen) atoms. The zero-order valence-electron chi connectivity index (χ0n) is 8.83. The van der Waals surface area contributed by atoms with Crippen LogP contribution in [0.4, 0.5) is 13.2 Å². The molecule has 1 aliphatic rings. The van der Waals surface area contributed by atoms with Crippen LogP contribution in [0.1, 0.15) is 17.4 Å². The van der Waals surface area contributed by atoms with Gasteiger partial charge in [-0.25, -0.2) is 4.98 Å². The smallest absolute Gasteiger partial charge is 0.315 e. The highest BCUT2D eigenvalue weighted by atomic mass is 19.4. The van der Waals surface area contributed by atoms with Crippen LogP contribution in [0, 0.1) is 0 Å². The maximum absolute atomic E-state index is 12.9. The third kappa shape index (κ3) is 1.59. The van der Waals surface area contributed by atoms with E-state index in [4.69, 9.17) is 0 Å². The molecule has 1 aliphatic heterocycles. The van der Waals surface area contributed by atoms with Gasteiger partial charge in [0.1, 0.15) is 11.5 Å². The summed E-state index contributed by atoms with van der Waals surface area (Å²) in [7, 11) is 0. The number of hydrogen-bond donors (Lipinski definition) is 1. The minimum Gasteiger partial charge on any atom is -0.315 e. The van der Waals surface area contributed by atoms with E-state index in [9.17, 15) is 13.2 Å². The van der Waals surface area contributed by atoms with Crippen LogP contribution in [0.5, 0.6) is 0 Å². The molecule has 3 nitrogen and oxygen atoms in total. The van der Waals surface area contributed by atoms with Gasteiger partial charge >= 0.3 is 6.18 Å². The molecule has 0 atom stereocenters. The van der Waals surface area contributed by atoms with Gasteiger partial charge in [-0.1, -0.05) is 6.07 Å². The van der Waals surface area contributed by atoms with Gasteiger partial charge in [0.2, 0.25) is 0 Å². The first kappa shape index (κ1) is 10.6. The van der Waals surface area contributed by atoms with Crippen molar-refractivity contribution in [2.75, 3.05) is 13.1 Å². The normalized spacial score (nSPS) is 17.4. The zero-order chi connectivity index (χ0) is 12.0. The minimum atomic E-state index is -4.36. The van der Waals surface area contributed by atoms with Crippen LogP contribution >= 0.6 is 0 Å². The molecule has 0 aromatic carbocycles. The van der Waals surface area contributed by atoms with Crippen molar-refractivity contribution in [2.45, 2.75) is 12.1 Å². The Hall–Kier alpha value is -1.56. The molecule has 1 fully saturated rings. The van der Waals surface area contributed by atoms with E-state index >= 15 is 0 Å². The predicted octanol–water partition coefficient (Wildman–Crippen LogP) is 2.04. The van der Waals surface area contributed by atoms with Gasteiger partial charge in [0.15, 0.2) is 0 Å². The van der Waals surface area contributed by atoms with Crippen molar-refractivity contribution in [2.24, 2.45) is 0 Å². The second-order valence-corrected chi connectivity index (χ2v) is 4.14. The standard InChI is InChI=1S/C11H10F3N3/c12-11(13,14)9-3-1-2-8-6-16-10(17(8)9)7-4-15-5-7/h1-3,6-7,15H,4-5H2. The summed E-state index contributed by atoms with van der Waals surface area (Å²) < 4.78 is 39.9. The van der Waals surface area contributed by atoms with Gasteiger partial charge in [0, 0.05) is 19.0 Å². The van der Waals surface area contributed by atoms with Crippen LogP contribution in [0.25, 0.3) is 5.52 Å². The minimum absolute atomic E-state index is 0.0704. The first-order valence-corrected chi connectivity index (χ1v) is 5.31. The number of imidazole rings is 1. The van der Waals surface area contributed by atoms with Gasteiger partial charge < -0.3 is 5.32 Å². The van der Waals surface area contributed by atoms with Crippen molar-refractivity contribution in [3.63, 3.8) is 0 Å². The average Bonchev–Trinajstić information content (AvgIpc) is 2.58. The Kier molecular flexibility index (Phi) is 2.16. The van der Waals surface area contributed by atoms with Crippen LogP contribution in [-0.4, -0.2) is 22.5 Å². The molecule has 0 unspecified atom stereocenters. The van der Waals surface area contributed by atoms with Gasteiger partial charge in [-0.3, -0.25) is 4.40 Å². The molecule has 0 spiro atoms. The molecule has 90 valence electrons. The van der Waals surface area contributed by atoms with Gasteiger partial charge in [-0.2, -0.15) is 13.2 Å². The monoisotopic (exact) mass is 241 g/mol. The molecule has 2 aromatic heterocycles. The summed E-state index contributed by atoms with van der Waals surface area (Å²) in [5, 5.41) is 3.04. The van der Waals surface area contributed by atoms with Gasteiger partial charge in [-0.05, 0) is 12.1 Å². The Morgan fingerprint density at radius 2 is 2.06 bits per heavy atom. The van der Waals surface area contributed by atoms with E-state index in [-0.39, 0.29) is 5.92 Å². The van der Waals surface area contributed by atoms with Crippen molar-refractivity contribution in [3.05, 3.63) is 35.9 Å². The van der Waals surface area contributed by atoms with E-state index in [1.807, 2.05) is 0 Å². The summed E-state index contributed by atoms with van der Waals surface area (Å²) in [6.07, 6.45) is -2.87. The van der Waals surface area contributed by atoms with E-state index in [0.717, 1.165) is 6.07 Å². The lowest BCUT2D eigenvalue weighted by atomic mass is 10.0. The molecule has 1 N–H and O–H groups in total. The maximum Gasteiger partial charge on any atom is 0.431 e. The molecule has 0 aliphatic carbocycles. The number of fused-ring (bicyclic) bond motifs is 1. The van der Waals surface area contributed by atoms with Gasteiger partial charge in [-0.15, -0.1) is 0 Å². The highest BCUT2D eigenvalue weighted by molar-refractivity contribution is 5.48. The van der Waals surface area contributed by atoms with Crippen LogP contribution in [0.15, 0.2) is 24.4 Å². The molecule has 3 heterocycles. The van der Waals surface area contributed by atoms with Gasteiger partial charge in [0.25, 0.3) is 0 Å². The van der Waals surface area contributed by atoms with Crippen molar-refractivity contribution in [3.8, 4) is 0 Å². The average molecular weight is 241 g/mol. The summed E-state index contributed by atoms with van der Waals surface area (Å²) >= 11 is 0. The van der Waals surface area contributed by atoms with E-state index < -0.39 is 11.9 Å². The Morgan fingerprint density at radius 1 is 1.29 bits per heavy atom. The number of nitrogens with zero attached hydrogens (tertiary/aromatic N) is 2. The first-order valence-electron chi connectivity index (χ1n) is 5.31. The Bertz CT molecular complexity index is 555. The lowest BCUT2D eigenvalue weighted by Gasteiger charge is -2.26. The van der Waals surface area contributed by atoms with Crippen LogP contribution < -0.4 is 5.32 Å². The predicted molar refractivity (Wildman–Crippen MR) is 55.8 cm³/mol. The summed E-state index contributed by atoms with van der Waals surface area (Å²) in [6.45, 7) is 1.37. The summed E-state index contributed by atoms with van der Waals surface area (Å²) in [5.41, 5.74) is -0.170. The summed E-state index contributed by atoms with van der Waals surface area (Å²) in [5.74, 6) is 0.563. The summed E-state index contributed by atoms with van der Waals surface area (Å²) in [6, 6.07) is 4.13. The van der Waals surface area contributed by atoms with E-state index in [2.05, 4.69) is 10.3 Å². The van der Waals surface area contributed by atoms with E-state index in [1.54, 1.807) is 6.07 Å². The number of hydrogen-bond acceptors (Lipinski definition) is 2. The van der Waals surface area contributed by atoms with Crippen LogP contribution in [-0.2, 0) is 6.18 Å². The van der Waals surface area contributed by atoms with Crippen LogP contribution in [0.2, 0.25) is 0 Å². The Morgan fingerprint density at radius 3 is 2.65 bits per heavy atom. The topological polar surface area (TPSA) is 29.3 Å². The zero-order valence-corrected chi connectivity index (χ0v) is 8.83. The molecule has 0 radical (unpaired) electrons. The van der Waals surface area contributed by atoms with Crippen molar-refractivity contribution in [1.82, 2.24) is 14.7 Å². The fourth-order valence-electron chi connectivity index (χ4n) is 2.05. The third-order valence-corrected chi connectivity index (χ3v) is 3.02. The molecule has 6 heteroatoms. The Balaban J connectivity index is 2.24. The number of nitrogens with one attached hydrogen (secondary N) is 1. The molecular formula is C11H10F3N3. The van der Waals surface area contributed by atoms with Crippen LogP contribution in [0.3, 0.4) is 0 Å². The number of aromatic nitrogens is 2. The lowest BCUT2D eigenvalue weighted by Crippen LogP contribution is -2.41. The number of halogens is 3. The fourth-order valence-corrected chi connectivity index (χ4v) is 2.05. The molecule has 0 saturated carbocycles. The summed E-state index contributed by atoms with van der Waals surface area (Å²) in [4.78, 5) is 4.11. The van der Waals surface area contributed by atoms with Gasteiger partial charge in [0.05, 0.1) is 11.7 Å². The lowest BCUT2D eigenvalue weighted by molar-refractivity contribution is -0.142. The number of rotatable bonds is 1. The van der Waals surface area contributed by atoms with E-state index in [0.29, 0.717) is 24.4 Å². The molecule has 0 bridgehead atoms. The second-order valence-electron chi connectivity index (χ2n) is 4.14. The van der Waals surface area contributed by atoms with Crippen molar-refractivity contribution < 1.29 is 13.2 Å². The second kappa shape index (κ2) is 3.46. The van der Waals surface area contributed by atoms with E-state index in [1.165, 1.54) is 16.7 Å². The molecular weight excluding hydrogens is 231 g/mol. The first-order chi connectivity index (χ1) is 8.07. The van der Waals surface area contributed by atoms with Crippen molar-refractivity contribution >= 4 is 5.52 Å². The maximum atomic E-state index is 12.9.